The Bertz CT molecular complexity index is 963. The van der Waals surface area contributed by atoms with Crippen LogP contribution in [-0.4, -0.2) is 48.8 Å². The highest BCUT2D eigenvalue weighted by molar-refractivity contribution is 5.67. The summed E-state index contributed by atoms with van der Waals surface area (Å²) in [7, 11) is 4.15. The summed E-state index contributed by atoms with van der Waals surface area (Å²) in [6.45, 7) is 2.11. The van der Waals surface area contributed by atoms with Crippen LogP contribution < -0.4 is 20.1 Å². The second-order valence-electron chi connectivity index (χ2n) is 7.10. The molecular weight excluding hydrogens is 366 g/mol. The molecule has 7 nitrogen and oxygen atoms in total. The molecule has 1 aromatic heterocycles. The predicted octanol–water partition coefficient (Wildman–Crippen LogP) is 3.98. The third kappa shape index (κ3) is 4.94. The van der Waals surface area contributed by atoms with Crippen LogP contribution in [0.5, 0.6) is 11.5 Å². The highest BCUT2D eigenvalue weighted by atomic mass is 16.7. The van der Waals surface area contributed by atoms with Gasteiger partial charge in [-0.15, -0.1) is 0 Å². The second kappa shape index (κ2) is 8.79. The van der Waals surface area contributed by atoms with Crippen LogP contribution in [0.25, 0.3) is 11.3 Å². The molecule has 0 radical (unpaired) electrons. The molecule has 1 aliphatic heterocycles. The first-order chi connectivity index (χ1) is 14.2. The molecule has 0 amide bonds. The topological polar surface area (TPSA) is 71.5 Å². The first kappa shape index (κ1) is 19.0. The van der Waals surface area contributed by atoms with Crippen molar-refractivity contribution in [2.75, 3.05) is 44.6 Å². The number of hydrogen-bond donors (Lipinski definition) is 2. The Labute approximate surface area is 170 Å². The third-order valence-electron chi connectivity index (χ3n) is 4.51. The van der Waals surface area contributed by atoms with Crippen LogP contribution >= 0.6 is 0 Å². The number of ether oxygens (including phenoxy) is 2. The lowest BCUT2D eigenvalue weighted by molar-refractivity contribution is 0.174. The predicted molar refractivity (Wildman–Crippen MR) is 115 cm³/mol. The van der Waals surface area contributed by atoms with Crippen LogP contribution in [-0.2, 0) is 0 Å². The summed E-state index contributed by atoms with van der Waals surface area (Å²) in [6, 6.07) is 17.8. The highest BCUT2D eigenvalue weighted by Crippen LogP contribution is 2.35. The quantitative estimate of drug-likeness (QED) is 0.563. The molecule has 0 atom stereocenters. The van der Waals surface area contributed by atoms with Crippen LogP contribution in [0.4, 0.5) is 17.5 Å². The fourth-order valence-electron chi connectivity index (χ4n) is 3.07. The monoisotopic (exact) mass is 391 g/mol. The van der Waals surface area contributed by atoms with E-state index < -0.39 is 0 Å². The van der Waals surface area contributed by atoms with Gasteiger partial charge in [-0.2, -0.15) is 4.98 Å². The lowest BCUT2D eigenvalue weighted by atomic mass is 10.1. The Morgan fingerprint density at radius 1 is 0.966 bits per heavy atom. The zero-order valence-electron chi connectivity index (χ0n) is 16.7. The van der Waals surface area contributed by atoms with Gasteiger partial charge < -0.3 is 25.0 Å². The summed E-state index contributed by atoms with van der Waals surface area (Å²) in [4.78, 5) is 11.5. The van der Waals surface area contributed by atoms with E-state index in [1.165, 1.54) is 0 Å². The summed E-state index contributed by atoms with van der Waals surface area (Å²) >= 11 is 0. The van der Waals surface area contributed by atoms with Gasteiger partial charge in [-0.1, -0.05) is 30.3 Å². The number of hydrogen-bond acceptors (Lipinski definition) is 7. The van der Waals surface area contributed by atoms with E-state index in [1.807, 2.05) is 54.6 Å². The lowest BCUT2D eigenvalue weighted by Gasteiger charge is -2.13. The van der Waals surface area contributed by atoms with E-state index >= 15 is 0 Å². The van der Waals surface area contributed by atoms with Crippen molar-refractivity contribution in [3.63, 3.8) is 0 Å². The summed E-state index contributed by atoms with van der Waals surface area (Å²) in [5.41, 5.74) is 2.75. The molecule has 29 heavy (non-hydrogen) atoms. The molecule has 2 N–H and O–H groups in total. The van der Waals surface area contributed by atoms with Gasteiger partial charge in [-0.3, -0.25) is 0 Å². The Morgan fingerprint density at radius 2 is 1.79 bits per heavy atom. The number of fused-ring (bicyclic) bond motifs is 1. The maximum Gasteiger partial charge on any atom is 0.231 e. The van der Waals surface area contributed by atoms with Crippen LogP contribution in [0.15, 0.2) is 54.6 Å². The minimum absolute atomic E-state index is 0.250. The lowest BCUT2D eigenvalue weighted by Crippen LogP contribution is -2.16. The van der Waals surface area contributed by atoms with Gasteiger partial charge in [0.15, 0.2) is 11.5 Å². The molecular formula is C22H25N5O2. The van der Waals surface area contributed by atoms with Crippen LogP contribution in [0, 0.1) is 0 Å². The standard InChI is InChI=1S/C22H25N5O2/c1-27(2)12-6-11-23-21-14-18(16-7-4-3-5-8-16)25-22(26-21)24-17-9-10-19-20(13-17)29-15-28-19/h3-5,7-10,13-14H,6,11-12,15H2,1-2H3,(H2,23,24,25,26). The maximum atomic E-state index is 5.46. The van der Waals surface area contributed by atoms with Gasteiger partial charge in [-0.05, 0) is 39.2 Å². The number of anilines is 3. The van der Waals surface area contributed by atoms with Gasteiger partial charge in [0.05, 0.1) is 5.69 Å². The number of nitrogens with one attached hydrogen (secondary N) is 2. The SMILES string of the molecule is CN(C)CCCNc1cc(-c2ccccc2)nc(Nc2ccc3c(c2)OCO3)n1. The Hall–Kier alpha value is -3.32. The number of rotatable bonds is 8. The van der Waals surface area contributed by atoms with E-state index in [1.54, 1.807) is 0 Å². The molecule has 7 heteroatoms. The molecule has 0 unspecified atom stereocenters. The Morgan fingerprint density at radius 3 is 2.62 bits per heavy atom. The molecule has 0 fully saturated rings. The van der Waals surface area contributed by atoms with Gasteiger partial charge in [0, 0.05) is 29.9 Å². The van der Waals surface area contributed by atoms with Crippen molar-refractivity contribution in [2.24, 2.45) is 0 Å². The molecule has 3 aromatic rings. The molecule has 0 spiro atoms. The minimum atomic E-state index is 0.250. The Kier molecular flexibility index (Phi) is 5.76. The number of benzene rings is 2. The van der Waals surface area contributed by atoms with Gasteiger partial charge in [0.2, 0.25) is 12.7 Å². The number of nitrogens with zero attached hydrogens (tertiary/aromatic N) is 3. The largest absolute Gasteiger partial charge is 0.454 e. The van der Waals surface area contributed by atoms with E-state index in [9.17, 15) is 0 Å². The average Bonchev–Trinajstić information content (AvgIpc) is 3.19. The molecule has 0 saturated heterocycles. The molecule has 0 saturated carbocycles. The summed E-state index contributed by atoms with van der Waals surface area (Å²) < 4.78 is 10.8. The van der Waals surface area contributed by atoms with Crippen molar-refractivity contribution < 1.29 is 9.47 Å². The first-order valence-corrected chi connectivity index (χ1v) is 9.67. The normalized spacial score (nSPS) is 12.2. The van der Waals surface area contributed by atoms with Crippen molar-refractivity contribution >= 4 is 17.5 Å². The van der Waals surface area contributed by atoms with Gasteiger partial charge >= 0.3 is 0 Å². The van der Waals surface area contributed by atoms with Crippen molar-refractivity contribution in [3.8, 4) is 22.8 Å². The molecule has 4 rings (SSSR count). The maximum absolute atomic E-state index is 5.46. The van der Waals surface area contributed by atoms with E-state index in [0.29, 0.717) is 5.95 Å². The highest BCUT2D eigenvalue weighted by Gasteiger charge is 2.14. The molecule has 2 heterocycles. The fourth-order valence-corrected chi connectivity index (χ4v) is 3.07. The minimum Gasteiger partial charge on any atom is -0.454 e. The molecule has 150 valence electrons. The zero-order valence-corrected chi connectivity index (χ0v) is 16.7. The van der Waals surface area contributed by atoms with Crippen LogP contribution in [0.3, 0.4) is 0 Å². The summed E-state index contributed by atoms with van der Waals surface area (Å²) in [6.07, 6.45) is 1.03. The van der Waals surface area contributed by atoms with Crippen molar-refractivity contribution in [3.05, 3.63) is 54.6 Å². The first-order valence-electron chi connectivity index (χ1n) is 9.67. The van der Waals surface area contributed by atoms with E-state index in [0.717, 1.165) is 53.8 Å². The number of aromatic nitrogens is 2. The zero-order chi connectivity index (χ0) is 20.1. The second-order valence-corrected chi connectivity index (χ2v) is 7.10. The average molecular weight is 391 g/mol. The van der Waals surface area contributed by atoms with Gasteiger partial charge in [0.1, 0.15) is 5.82 Å². The third-order valence-corrected chi connectivity index (χ3v) is 4.51. The van der Waals surface area contributed by atoms with E-state index in [4.69, 9.17) is 14.5 Å². The Balaban J connectivity index is 1.57. The van der Waals surface area contributed by atoms with Gasteiger partial charge in [-0.25, -0.2) is 4.98 Å². The van der Waals surface area contributed by atoms with Crippen LogP contribution in [0.2, 0.25) is 0 Å². The van der Waals surface area contributed by atoms with Crippen molar-refractivity contribution in [1.29, 1.82) is 0 Å². The van der Waals surface area contributed by atoms with E-state index in [-0.39, 0.29) is 6.79 Å². The van der Waals surface area contributed by atoms with E-state index in [2.05, 4.69) is 34.6 Å². The summed E-state index contributed by atoms with van der Waals surface area (Å²) in [5, 5.41) is 6.70. The van der Waals surface area contributed by atoms with Crippen LogP contribution in [0.1, 0.15) is 6.42 Å². The molecule has 1 aliphatic rings. The van der Waals surface area contributed by atoms with Crippen molar-refractivity contribution in [2.45, 2.75) is 6.42 Å². The van der Waals surface area contributed by atoms with Gasteiger partial charge in [0.25, 0.3) is 0 Å². The molecule has 0 aliphatic carbocycles. The molecule has 2 aromatic carbocycles. The smallest absolute Gasteiger partial charge is 0.231 e. The fraction of sp³-hybridized carbons (Fsp3) is 0.273. The summed E-state index contributed by atoms with van der Waals surface area (Å²) in [5.74, 6) is 2.79. The van der Waals surface area contributed by atoms with Crippen molar-refractivity contribution in [1.82, 2.24) is 14.9 Å². The molecule has 0 bridgehead atoms.